The van der Waals surface area contributed by atoms with Crippen molar-refractivity contribution in [2.45, 2.75) is 6.42 Å². The number of hydrogen-bond acceptors (Lipinski definition) is 6. The van der Waals surface area contributed by atoms with E-state index in [4.69, 9.17) is 9.84 Å². The van der Waals surface area contributed by atoms with Crippen LogP contribution >= 0.6 is 0 Å². The number of nitrogens with one attached hydrogen (secondary N) is 1. The fraction of sp³-hybridized carbons (Fsp3) is 0.0769. The van der Waals surface area contributed by atoms with Gasteiger partial charge in [-0.25, -0.2) is 9.59 Å². The number of esters is 1. The molecule has 8 nitrogen and oxygen atoms in total. The molecule has 0 saturated carbocycles. The van der Waals surface area contributed by atoms with Crippen molar-refractivity contribution in [2.75, 3.05) is 0 Å². The van der Waals surface area contributed by atoms with Gasteiger partial charge < -0.3 is 15.2 Å². The number of carbonyl (C=O) groups excluding carboxylic acids is 1. The van der Waals surface area contributed by atoms with Gasteiger partial charge in [0.25, 0.3) is 5.69 Å². The van der Waals surface area contributed by atoms with Crippen molar-refractivity contribution in [2.24, 2.45) is 0 Å². The Kier molecular flexibility index (Phi) is 3.98. The van der Waals surface area contributed by atoms with Gasteiger partial charge >= 0.3 is 11.9 Å². The van der Waals surface area contributed by atoms with Crippen LogP contribution in [0.2, 0.25) is 0 Å². The van der Waals surface area contributed by atoms with E-state index in [1.165, 1.54) is 30.6 Å². The minimum atomic E-state index is -1.14. The number of aliphatic carboxylic acids is 1. The number of carboxylic acids is 1. The van der Waals surface area contributed by atoms with Gasteiger partial charge in [0.15, 0.2) is 0 Å². The lowest BCUT2D eigenvalue weighted by Crippen LogP contribution is -2.20. The number of dihydropyridines is 1. The van der Waals surface area contributed by atoms with Crippen LogP contribution in [0.25, 0.3) is 0 Å². The third-order valence-electron chi connectivity index (χ3n) is 2.67. The number of ether oxygens (including phenoxy) is 1. The average Bonchev–Trinajstić information content (AvgIpc) is 2.47. The number of rotatable bonds is 4. The Labute approximate surface area is 118 Å². The molecule has 0 amide bonds. The summed E-state index contributed by atoms with van der Waals surface area (Å²) in [5, 5.41) is 22.0. The lowest BCUT2D eigenvalue weighted by molar-refractivity contribution is -0.384. The number of nitro benzene ring substituents is 1. The number of nitro groups is 1. The summed E-state index contributed by atoms with van der Waals surface area (Å²) in [7, 11) is 0. The first kappa shape index (κ1) is 14.3. The number of carboxylic acid groups (broad SMARTS) is 1. The monoisotopic (exact) mass is 290 g/mol. The molecule has 1 aliphatic heterocycles. The Hall–Kier alpha value is -3.16. The molecule has 0 radical (unpaired) electrons. The van der Waals surface area contributed by atoms with Crippen LogP contribution in [0.3, 0.4) is 0 Å². The summed E-state index contributed by atoms with van der Waals surface area (Å²) >= 11 is 0. The Morgan fingerprint density at radius 2 is 2.00 bits per heavy atom. The van der Waals surface area contributed by atoms with Crippen LogP contribution in [0.4, 0.5) is 5.69 Å². The average molecular weight is 290 g/mol. The van der Waals surface area contributed by atoms with Crippen LogP contribution in [-0.2, 0) is 9.59 Å². The Morgan fingerprint density at radius 1 is 1.29 bits per heavy atom. The lowest BCUT2D eigenvalue weighted by atomic mass is 10.1. The highest BCUT2D eigenvalue weighted by Gasteiger charge is 2.20. The first-order valence-electron chi connectivity index (χ1n) is 5.81. The minimum Gasteiger partial charge on any atom is -0.478 e. The highest BCUT2D eigenvalue weighted by atomic mass is 16.6. The smallest absolute Gasteiger partial charge is 0.341 e. The Morgan fingerprint density at radius 3 is 2.67 bits per heavy atom. The molecule has 108 valence electrons. The molecule has 8 heteroatoms. The molecule has 1 aliphatic rings. The van der Waals surface area contributed by atoms with Crippen molar-refractivity contribution in [3.8, 4) is 5.75 Å². The third-order valence-corrected chi connectivity index (χ3v) is 2.67. The van der Waals surface area contributed by atoms with Crippen LogP contribution in [-0.4, -0.2) is 22.0 Å². The quantitative estimate of drug-likeness (QED) is 0.371. The van der Waals surface area contributed by atoms with E-state index in [1.807, 2.05) is 0 Å². The van der Waals surface area contributed by atoms with Crippen molar-refractivity contribution in [3.63, 3.8) is 0 Å². The summed E-state index contributed by atoms with van der Waals surface area (Å²) in [6, 6.07) is 5.17. The van der Waals surface area contributed by atoms with Gasteiger partial charge in [-0.2, -0.15) is 0 Å². The zero-order valence-corrected chi connectivity index (χ0v) is 10.6. The molecule has 0 unspecified atom stereocenters. The predicted octanol–water partition coefficient (Wildman–Crippen LogP) is 1.35. The van der Waals surface area contributed by atoms with Gasteiger partial charge in [-0.3, -0.25) is 10.1 Å². The first-order chi connectivity index (χ1) is 9.97. The zero-order chi connectivity index (χ0) is 15.4. The second-order valence-electron chi connectivity index (χ2n) is 4.13. The minimum absolute atomic E-state index is 0.0153. The lowest BCUT2D eigenvalue weighted by Gasteiger charge is -2.12. The number of hydrogen-bond donors (Lipinski definition) is 2. The highest BCUT2D eigenvalue weighted by Crippen LogP contribution is 2.22. The van der Waals surface area contributed by atoms with Gasteiger partial charge in [-0.1, -0.05) is 6.07 Å². The van der Waals surface area contributed by atoms with Crippen molar-refractivity contribution in [1.82, 2.24) is 5.32 Å². The van der Waals surface area contributed by atoms with Gasteiger partial charge in [-0.15, -0.1) is 0 Å². The van der Waals surface area contributed by atoms with Gasteiger partial charge in [0.05, 0.1) is 22.1 Å². The maximum atomic E-state index is 11.9. The van der Waals surface area contributed by atoms with Crippen LogP contribution in [0, 0.1) is 10.1 Å². The Bertz CT molecular complexity index is 677. The van der Waals surface area contributed by atoms with E-state index in [9.17, 15) is 19.7 Å². The first-order valence-corrected chi connectivity index (χ1v) is 5.81. The SMILES string of the molecule is O=C(O)C1=CNC=C(C(=O)Oc2cccc([N+](=O)[O-])c2)C1. The molecule has 0 aromatic heterocycles. The number of carbonyl (C=O) groups is 2. The molecule has 0 aliphatic carbocycles. The van der Waals surface area contributed by atoms with E-state index in [0.717, 1.165) is 6.07 Å². The van der Waals surface area contributed by atoms with Gasteiger partial charge in [0.2, 0.25) is 0 Å². The van der Waals surface area contributed by atoms with E-state index >= 15 is 0 Å². The molecule has 0 bridgehead atoms. The van der Waals surface area contributed by atoms with Crippen molar-refractivity contribution < 1.29 is 24.4 Å². The van der Waals surface area contributed by atoms with Crippen LogP contribution in [0.1, 0.15) is 6.42 Å². The van der Waals surface area contributed by atoms with Gasteiger partial charge in [0, 0.05) is 24.9 Å². The summed E-state index contributed by atoms with van der Waals surface area (Å²) in [6.07, 6.45) is 2.51. The van der Waals surface area contributed by atoms with Gasteiger partial charge in [-0.05, 0) is 6.07 Å². The normalized spacial score (nSPS) is 13.5. The molecule has 1 aromatic carbocycles. The molecule has 0 spiro atoms. The topological polar surface area (TPSA) is 119 Å². The van der Waals surface area contributed by atoms with Crippen molar-refractivity contribution in [1.29, 1.82) is 0 Å². The molecule has 21 heavy (non-hydrogen) atoms. The highest BCUT2D eigenvalue weighted by molar-refractivity contribution is 5.95. The molecule has 0 atom stereocenters. The van der Waals surface area contributed by atoms with Gasteiger partial charge in [0.1, 0.15) is 5.75 Å². The predicted molar refractivity (Wildman–Crippen MR) is 70.3 cm³/mol. The largest absolute Gasteiger partial charge is 0.478 e. The maximum absolute atomic E-state index is 11.9. The van der Waals surface area contributed by atoms with E-state index in [2.05, 4.69) is 5.32 Å². The third kappa shape index (κ3) is 3.44. The van der Waals surface area contributed by atoms with Crippen molar-refractivity contribution in [3.05, 3.63) is 57.9 Å². The number of benzene rings is 1. The molecule has 2 rings (SSSR count). The summed E-state index contributed by atoms with van der Waals surface area (Å²) in [5.74, 6) is -1.90. The summed E-state index contributed by atoms with van der Waals surface area (Å²) in [6.45, 7) is 0. The second kappa shape index (κ2) is 5.87. The van der Waals surface area contributed by atoms with Crippen LogP contribution < -0.4 is 10.1 Å². The number of nitrogens with zero attached hydrogens (tertiary/aromatic N) is 1. The van der Waals surface area contributed by atoms with E-state index < -0.39 is 16.9 Å². The van der Waals surface area contributed by atoms with E-state index in [1.54, 1.807) is 0 Å². The fourth-order valence-electron chi connectivity index (χ4n) is 1.65. The molecule has 1 heterocycles. The zero-order valence-electron chi connectivity index (χ0n) is 10.6. The molecule has 0 fully saturated rings. The van der Waals surface area contributed by atoms with Crippen LogP contribution in [0.5, 0.6) is 5.75 Å². The molecular formula is C13H10N2O6. The standard InChI is InChI=1S/C13H10N2O6/c16-12(17)8-4-9(7-14-6-8)13(18)21-11-3-1-2-10(5-11)15(19)20/h1-3,5-7,14H,4H2,(H,16,17). The van der Waals surface area contributed by atoms with Crippen LogP contribution in [0.15, 0.2) is 47.8 Å². The molecule has 2 N–H and O–H groups in total. The Balaban J connectivity index is 2.09. The fourth-order valence-corrected chi connectivity index (χ4v) is 1.65. The summed E-state index contributed by atoms with van der Waals surface area (Å²) < 4.78 is 5.00. The molecule has 1 aromatic rings. The number of non-ortho nitro benzene ring substituents is 1. The summed E-state index contributed by atoms with van der Waals surface area (Å²) in [5.41, 5.74) is -0.0768. The molecule has 0 saturated heterocycles. The molecular weight excluding hydrogens is 280 g/mol. The summed E-state index contributed by atoms with van der Waals surface area (Å²) in [4.78, 5) is 32.8. The van der Waals surface area contributed by atoms with E-state index in [0.29, 0.717) is 0 Å². The van der Waals surface area contributed by atoms with Crippen molar-refractivity contribution >= 4 is 17.6 Å². The van der Waals surface area contributed by atoms with E-state index in [-0.39, 0.29) is 29.0 Å². The second-order valence-corrected chi connectivity index (χ2v) is 4.13. The maximum Gasteiger partial charge on any atom is 0.341 e.